The normalized spacial score (nSPS) is 13.9. The topological polar surface area (TPSA) is 26.0 Å². The minimum atomic E-state index is 0.809. The summed E-state index contributed by atoms with van der Waals surface area (Å²) < 4.78 is 5.48. The van der Waals surface area contributed by atoms with Gasteiger partial charge in [0.15, 0.2) is 5.79 Å². The zero-order valence-corrected chi connectivity index (χ0v) is 8.44. The van der Waals surface area contributed by atoms with Crippen LogP contribution in [0, 0.1) is 0 Å². The van der Waals surface area contributed by atoms with Gasteiger partial charge in [0.2, 0.25) is 0 Å². The number of hydrogen-bond donors (Lipinski definition) is 0. The lowest BCUT2D eigenvalue weighted by atomic mass is 10.1. The highest BCUT2D eigenvalue weighted by molar-refractivity contribution is 8.22. The van der Waals surface area contributed by atoms with Gasteiger partial charge in [-0.2, -0.15) is 0 Å². The summed E-state index contributed by atoms with van der Waals surface area (Å²) in [6, 6.07) is 0. The maximum atomic E-state index is 5.48. The van der Waals surface area contributed by atoms with E-state index in [0.717, 1.165) is 23.1 Å². The third kappa shape index (κ3) is 1.94. The maximum absolute atomic E-state index is 5.48. The van der Waals surface area contributed by atoms with E-state index in [1.54, 1.807) is 11.6 Å². The van der Waals surface area contributed by atoms with E-state index in [1.807, 2.05) is 32.3 Å². The third-order valence-corrected chi connectivity index (χ3v) is 2.06. The van der Waals surface area contributed by atoms with Crippen molar-refractivity contribution in [2.45, 2.75) is 13.8 Å². The van der Waals surface area contributed by atoms with Crippen LogP contribution >= 0.6 is 11.6 Å². The van der Waals surface area contributed by atoms with E-state index in [0.29, 0.717) is 0 Å². The largest absolute Gasteiger partial charge is 0.450 e. The molecule has 0 bridgehead atoms. The van der Waals surface area contributed by atoms with Crippen molar-refractivity contribution in [3.05, 3.63) is 10.8 Å². The van der Waals surface area contributed by atoms with Crippen LogP contribution in [0.2, 0.25) is 0 Å². The van der Waals surface area contributed by atoms with Gasteiger partial charge >= 0.3 is 0 Å². The summed E-state index contributed by atoms with van der Waals surface area (Å²) in [5.74, 6) is 0.809. The Bertz CT molecular complexity index is 326. The Morgan fingerprint density at radius 2 is 2.17 bits per heavy atom. The summed E-state index contributed by atoms with van der Waals surface area (Å²) in [4.78, 5) is 4.31. The maximum Gasteiger partial charge on any atom is 0.295 e. The molecule has 12 heavy (non-hydrogen) atoms. The Hall–Kier alpha value is -0.635. The van der Waals surface area contributed by atoms with Gasteiger partial charge in [-0.15, -0.1) is 0 Å². The smallest absolute Gasteiger partial charge is 0.295 e. The van der Waals surface area contributed by atoms with Gasteiger partial charge in [0.1, 0.15) is 10.8 Å². The van der Waals surface area contributed by atoms with Crippen LogP contribution in [0.15, 0.2) is 4.42 Å². The fourth-order valence-corrected chi connectivity index (χ4v) is 1.36. The molecule has 1 aromatic heterocycles. The van der Waals surface area contributed by atoms with Crippen LogP contribution in [0.4, 0.5) is 0 Å². The average Bonchev–Trinajstić information content (AvgIpc) is 2.48. The second-order valence-electron chi connectivity index (χ2n) is 2.37. The molecule has 0 amide bonds. The molecule has 0 saturated carbocycles. The van der Waals surface area contributed by atoms with Gasteiger partial charge < -0.3 is 4.42 Å². The Kier molecular flexibility index (Phi) is 3.47. The predicted octanol–water partition coefficient (Wildman–Crippen LogP) is -0.385. The molecule has 0 radical (unpaired) electrons. The number of nitrogens with zero attached hydrogens (tertiary/aromatic N) is 1. The lowest BCUT2D eigenvalue weighted by molar-refractivity contribution is 0.559. The van der Waals surface area contributed by atoms with Crippen LogP contribution in [-0.2, 0) is 0 Å². The second kappa shape index (κ2) is 4.41. The molecule has 64 valence electrons. The molecular weight excluding hydrogens is 169 g/mol. The quantitative estimate of drug-likeness (QED) is 0.581. The van der Waals surface area contributed by atoms with Gasteiger partial charge in [-0.05, 0) is 26.2 Å². The number of oxazole rings is 1. The van der Waals surface area contributed by atoms with E-state index in [1.165, 1.54) is 0 Å². The first-order valence-corrected chi connectivity index (χ1v) is 5.28. The van der Waals surface area contributed by atoms with Crippen molar-refractivity contribution in [1.82, 2.24) is 4.98 Å². The molecular formula is C8H12BNOS. The van der Waals surface area contributed by atoms with Crippen LogP contribution in [0.25, 0.3) is 12.2 Å². The van der Waals surface area contributed by atoms with Crippen molar-refractivity contribution in [1.29, 1.82) is 0 Å². The number of hydrogen-bond acceptors (Lipinski definition) is 3. The average molecular weight is 181 g/mol. The first-order valence-electron chi connectivity index (χ1n) is 3.89. The summed E-state index contributed by atoms with van der Waals surface area (Å²) in [6.45, 7) is 4.76. The molecule has 2 nitrogen and oxygen atoms in total. The fraction of sp³-hybridized carbons (Fsp3) is 0.375. The number of rotatable bonds is 2. The zero-order chi connectivity index (χ0) is 8.97. The SMILES string of the molecule is C/C=c1/nc(BSC)o/c1=C/C. The van der Waals surface area contributed by atoms with Crippen LogP contribution in [0.5, 0.6) is 0 Å². The van der Waals surface area contributed by atoms with E-state index in [-0.39, 0.29) is 0 Å². The molecule has 0 fully saturated rings. The summed E-state index contributed by atoms with van der Waals surface area (Å²) in [5, 5.41) is 0.946. The molecule has 1 heterocycles. The van der Waals surface area contributed by atoms with Crippen molar-refractivity contribution >= 4 is 36.1 Å². The summed E-state index contributed by atoms with van der Waals surface area (Å²) in [7, 11) is 0. The van der Waals surface area contributed by atoms with E-state index in [2.05, 4.69) is 4.98 Å². The first kappa shape index (κ1) is 9.45. The monoisotopic (exact) mass is 181 g/mol. The van der Waals surface area contributed by atoms with Gasteiger partial charge in [-0.25, -0.2) is 16.6 Å². The van der Waals surface area contributed by atoms with E-state index < -0.39 is 0 Å². The van der Waals surface area contributed by atoms with Crippen LogP contribution in [-0.4, -0.2) is 17.8 Å². The highest BCUT2D eigenvalue weighted by atomic mass is 32.2. The fourth-order valence-electron chi connectivity index (χ4n) is 0.990. The van der Waals surface area contributed by atoms with Crippen molar-refractivity contribution in [3.8, 4) is 0 Å². The van der Waals surface area contributed by atoms with Gasteiger partial charge in [0, 0.05) is 0 Å². The predicted molar refractivity (Wildman–Crippen MR) is 56.3 cm³/mol. The lowest BCUT2D eigenvalue weighted by Crippen LogP contribution is -2.21. The standard InChI is InChI=1S/C8H12BNOS/c1-4-6-7(5-2)11-8(10-6)9-12-3/h4-5,9H,1-3H3/b6-4+,7-5+. The summed E-state index contributed by atoms with van der Waals surface area (Å²) in [6.07, 6.45) is 5.93. The lowest BCUT2D eigenvalue weighted by Gasteiger charge is -1.82. The van der Waals surface area contributed by atoms with Crippen LogP contribution in [0.1, 0.15) is 13.8 Å². The minimum Gasteiger partial charge on any atom is -0.450 e. The number of aromatic nitrogens is 1. The Labute approximate surface area is 76.9 Å². The molecule has 0 saturated heterocycles. The molecule has 0 atom stereocenters. The second-order valence-corrected chi connectivity index (χ2v) is 3.23. The third-order valence-electron chi connectivity index (χ3n) is 1.53. The Balaban J connectivity index is 3.16. The van der Waals surface area contributed by atoms with Gasteiger partial charge in [-0.3, -0.25) is 0 Å². The molecule has 0 aliphatic rings. The Morgan fingerprint density at radius 3 is 2.58 bits per heavy atom. The molecule has 0 unspecified atom stereocenters. The molecule has 0 N–H and O–H groups in total. The highest BCUT2D eigenvalue weighted by Gasteiger charge is 2.00. The molecule has 4 heteroatoms. The zero-order valence-electron chi connectivity index (χ0n) is 7.63. The molecule has 0 aliphatic heterocycles. The Morgan fingerprint density at radius 1 is 1.42 bits per heavy atom. The first-order chi connectivity index (χ1) is 5.81. The van der Waals surface area contributed by atoms with Crippen LogP contribution < -0.4 is 16.6 Å². The molecule has 1 aromatic rings. The molecule has 0 aromatic carbocycles. The van der Waals surface area contributed by atoms with Gasteiger partial charge in [-0.1, -0.05) is 6.08 Å². The van der Waals surface area contributed by atoms with E-state index in [9.17, 15) is 0 Å². The summed E-state index contributed by atoms with van der Waals surface area (Å²) in [5.41, 5.74) is 0.876. The summed E-state index contributed by atoms with van der Waals surface area (Å²) >= 11 is 1.71. The van der Waals surface area contributed by atoms with E-state index in [4.69, 9.17) is 4.42 Å². The van der Waals surface area contributed by atoms with Crippen molar-refractivity contribution in [2.75, 3.05) is 6.26 Å². The van der Waals surface area contributed by atoms with Crippen molar-refractivity contribution < 1.29 is 4.42 Å². The minimum absolute atomic E-state index is 0.809. The highest BCUT2D eigenvalue weighted by Crippen LogP contribution is 1.82. The van der Waals surface area contributed by atoms with Gasteiger partial charge in [0.05, 0.1) is 0 Å². The van der Waals surface area contributed by atoms with Crippen molar-refractivity contribution in [3.63, 3.8) is 0 Å². The van der Waals surface area contributed by atoms with Crippen LogP contribution in [0.3, 0.4) is 0 Å². The molecule has 0 spiro atoms. The molecule has 1 rings (SSSR count). The van der Waals surface area contributed by atoms with Gasteiger partial charge in [0.25, 0.3) is 6.56 Å². The van der Waals surface area contributed by atoms with E-state index >= 15 is 0 Å². The molecule has 0 aliphatic carbocycles. The van der Waals surface area contributed by atoms with Crippen molar-refractivity contribution in [2.24, 2.45) is 0 Å².